The Morgan fingerprint density at radius 2 is 2.00 bits per heavy atom. The Morgan fingerprint density at radius 3 is 2.76 bits per heavy atom. The first kappa shape index (κ1) is 17.6. The number of aryl methyl sites for hydroxylation is 1. The second-order valence-corrected chi connectivity index (χ2v) is 6.84. The van der Waals surface area contributed by atoms with E-state index in [1.807, 2.05) is 13.0 Å². The van der Waals surface area contributed by atoms with Gasteiger partial charge in [-0.25, -0.2) is 9.97 Å². The number of nitrogens with zero attached hydrogens (tertiary/aromatic N) is 4. The molecule has 132 valence electrons. The van der Waals surface area contributed by atoms with E-state index in [1.165, 1.54) is 12.8 Å². The third-order valence-corrected chi connectivity index (χ3v) is 4.37. The minimum atomic E-state index is -0.146. The number of nitrogens with one attached hydrogen (secondary N) is 2. The Labute approximate surface area is 155 Å². The molecule has 2 aromatic heterocycles. The highest BCUT2D eigenvalue weighted by Gasteiger charge is 2.15. The van der Waals surface area contributed by atoms with Gasteiger partial charge in [0.25, 0.3) is 5.91 Å². The zero-order valence-electron chi connectivity index (χ0n) is 14.1. The predicted molar refractivity (Wildman–Crippen MR) is 101 cm³/mol. The van der Waals surface area contributed by atoms with Crippen molar-refractivity contribution in [3.63, 3.8) is 0 Å². The van der Waals surface area contributed by atoms with E-state index >= 15 is 0 Å². The van der Waals surface area contributed by atoms with Crippen LogP contribution in [-0.2, 0) is 0 Å². The number of anilines is 2. The van der Waals surface area contributed by atoms with Crippen LogP contribution in [0.4, 0.5) is 11.6 Å². The highest BCUT2D eigenvalue weighted by Crippen LogP contribution is 2.20. The highest BCUT2D eigenvalue weighted by atomic mass is 79.9. The van der Waals surface area contributed by atoms with Gasteiger partial charge in [0.15, 0.2) is 0 Å². The molecule has 0 spiro atoms. The van der Waals surface area contributed by atoms with E-state index in [9.17, 15) is 4.79 Å². The Balaban J connectivity index is 1.51. The standard InChI is InChI=1S/C17H21BrN6O/c1-12-22-15(9-16(23-12)24-6-2-3-7-24)20-4-5-21-17(25)13-8-14(18)11-19-10-13/h8-11H,2-7H2,1H3,(H,21,25)(H,20,22,23). The topological polar surface area (TPSA) is 83.0 Å². The first-order valence-electron chi connectivity index (χ1n) is 8.35. The van der Waals surface area contributed by atoms with E-state index in [2.05, 4.69) is 46.4 Å². The molecule has 2 aromatic rings. The summed E-state index contributed by atoms with van der Waals surface area (Å²) < 4.78 is 0.782. The SMILES string of the molecule is Cc1nc(NCCNC(=O)c2cncc(Br)c2)cc(N2CCCC2)n1. The summed E-state index contributed by atoms with van der Waals surface area (Å²) in [6, 6.07) is 3.71. The van der Waals surface area contributed by atoms with E-state index in [1.54, 1.807) is 18.5 Å². The largest absolute Gasteiger partial charge is 0.368 e. The van der Waals surface area contributed by atoms with Gasteiger partial charge in [0.2, 0.25) is 0 Å². The number of amides is 1. The molecule has 2 N–H and O–H groups in total. The normalized spacial score (nSPS) is 13.8. The lowest BCUT2D eigenvalue weighted by Gasteiger charge is -2.17. The van der Waals surface area contributed by atoms with Crippen molar-refractivity contribution in [2.24, 2.45) is 0 Å². The van der Waals surface area contributed by atoms with Gasteiger partial charge in [-0.2, -0.15) is 0 Å². The summed E-state index contributed by atoms with van der Waals surface area (Å²) in [6.07, 6.45) is 5.61. The second kappa shape index (κ2) is 8.24. The van der Waals surface area contributed by atoms with Crippen molar-refractivity contribution in [3.05, 3.63) is 40.4 Å². The summed E-state index contributed by atoms with van der Waals surface area (Å²) in [5.74, 6) is 2.35. The Bertz CT molecular complexity index is 748. The molecule has 3 heterocycles. The average molecular weight is 405 g/mol. The summed E-state index contributed by atoms with van der Waals surface area (Å²) in [6.45, 7) is 5.07. The van der Waals surface area contributed by atoms with Crippen LogP contribution in [0.15, 0.2) is 29.0 Å². The molecule has 0 unspecified atom stereocenters. The maximum absolute atomic E-state index is 12.1. The molecule has 1 saturated heterocycles. The molecule has 0 atom stereocenters. The molecule has 0 saturated carbocycles. The molecule has 0 aromatic carbocycles. The van der Waals surface area contributed by atoms with Crippen LogP contribution in [0.2, 0.25) is 0 Å². The van der Waals surface area contributed by atoms with Crippen molar-refractivity contribution in [1.29, 1.82) is 0 Å². The highest BCUT2D eigenvalue weighted by molar-refractivity contribution is 9.10. The lowest BCUT2D eigenvalue weighted by Crippen LogP contribution is -2.29. The molecule has 0 radical (unpaired) electrons. The monoisotopic (exact) mass is 404 g/mol. The van der Waals surface area contributed by atoms with Crippen LogP contribution < -0.4 is 15.5 Å². The van der Waals surface area contributed by atoms with Gasteiger partial charge in [0.1, 0.15) is 17.5 Å². The van der Waals surface area contributed by atoms with E-state index in [0.717, 1.165) is 35.0 Å². The van der Waals surface area contributed by atoms with Gasteiger partial charge in [0, 0.05) is 49.1 Å². The number of pyridine rings is 1. The maximum Gasteiger partial charge on any atom is 0.252 e. The first-order chi connectivity index (χ1) is 12.1. The van der Waals surface area contributed by atoms with E-state index in [0.29, 0.717) is 18.7 Å². The average Bonchev–Trinajstić information content (AvgIpc) is 3.13. The number of carbonyl (C=O) groups excluding carboxylic acids is 1. The fourth-order valence-corrected chi connectivity index (χ4v) is 3.12. The number of hydrogen-bond donors (Lipinski definition) is 2. The van der Waals surface area contributed by atoms with Gasteiger partial charge >= 0.3 is 0 Å². The molecule has 1 fully saturated rings. The van der Waals surface area contributed by atoms with Crippen molar-refractivity contribution < 1.29 is 4.79 Å². The van der Waals surface area contributed by atoms with Crippen LogP contribution in [0, 0.1) is 6.92 Å². The van der Waals surface area contributed by atoms with Gasteiger partial charge in [-0.3, -0.25) is 9.78 Å². The van der Waals surface area contributed by atoms with Gasteiger partial charge in [-0.05, 0) is 41.8 Å². The lowest BCUT2D eigenvalue weighted by molar-refractivity contribution is 0.0954. The van der Waals surface area contributed by atoms with E-state index in [4.69, 9.17) is 0 Å². The van der Waals surface area contributed by atoms with Crippen LogP contribution in [-0.4, -0.2) is 47.0 Å². The van der Waals surface area contributed by atoms with Gasteiger partial charge < -0.3 is 15.5 Å². The van der Waals surface area contributed by atoms with Crippen LogP contribution >= 0.6 is 15.9 Å². The predicted octanol–water partition coefficient (Wildman–Crippen LogP) is 2.38. The Morgan fingerprint density at radius 1 is 1.20 bits per heavy atom. The molecule has 1 aliphatic rings. The fourth-order valence-electron chi connectivity index (χ4n) is 2.76. The Kier molecular flexibility index (Phi) is 5.80. The molecule has 3 rings (SSSR count). The van der Waals surface area contributed by atoms with Gasteiger partial charge in [-0.1, -0.05) is 0 Å². The molecule has 1 amide bonds. The third-order valence-electron chi connectivity index (χ3n) is 3.94. The zero-order chi connectivity index (χ0) is 17.6. The molecular weight excluding hydrogens is 384 g/mol. The van der Waals surface area contributed by atoms with Crippen molar-refractivity contribution in [3.8, 4) is 0 Å². The first-order valence-corrected chi connectivity index (χ1v) is 9.14. The second-order valence-electron chi connectivity index (χ2n) is 5.93. The van der Waals surface area contributed by atoms with Gasteiger partial charge in [0.05, 0.1) is 5.56 Å². The summed E-state index contributed by atoms with van der Waals surface area (Å²) in [5, 5.41) is 6.11. The van der Waals surface area contributed by atoms with Crippen LogP contribution in [0.5, 0.6) is 0 Å². The maximum atomic E-state index is 12.1. The van der Waals surface area contributed by atoms with Gasteiger partial charge in [-0.15, -0.1) is 0 Å². The lowest BCUT2D eigenvalue weighted by atomic mass is 10.3. The number of hydrogen-bond acceptors (Lipinski definition) is 6. The fraction of sp³-hybridized carbons (Fsp3) is 0.412. The summed E-state index contributed by atoms with van der Waals surface area (Å²) >= 11 is 3.31. The summed E-state index contributed by atoms with van der Waals surface area (Å²) in [4.78, 5) is 27.3. The van der Waals surface area contributed by atoms with Crippen molar-refractivity contribution in [2.75, 3.05) is 36.4 Å². The zero-order valence-corrected chi connectivity index (χ0v) is 15.7. The summed E-state index contributed by atoms with van der Waals surface area (Å²) in [5.41, 5.74) is 0.531. The van der Waals surface area contributed by atoms with E-state index in [-0.39, 0.29) is 5.91 Å². The molecule has 25 heavy (non-hydrogen) atoms. The quantitative estimate of drug-likeness (QED) is 0.719. The Hall–Kier alpha value is -2.22. The van der Waals surface area contributed by atoms with E-state index < -0.39 is 0 Å². The molecule has 7 nitrogen and oxygen atoms in total. The third kappa shape index (κ3) is 4.88. The minimum Gasteiger partial charge on any atom is -0.368 e. The number of halogens is 1. The van der Waals surface area contributed by atoms with Crippen molar-refractivity contribution >= 4 is 33.5 Å². The number of carbonyl (C=O) groups is 1. The van der Waals surface area contributed by atoms with Crippen LogP contribution in [0.25, 0.3) is 0 Å². The molecule has 0 bridgehead atoms. The summed E-state index contributed by atoms with van der Waals surface area (Å²) in [7, 11) is 0. The number of rotatable bonds is 6. The smallest absolute Gasteiger partial charge is 0.252 e. The van der Waals surface area contributed by atoms with Crippen molar-refractivity contribution in [1.82, 2.24) is 20.3 Å². The molecule has 0 aliphatic carbocycles. The molecule has 1 aliphatic heterocycles. The van der Waals surface area contributed by atoms with Crippen LogP contribution in [0.1, 0.15) is 29.0 Å². The van der Waals surface area contributed by atoms with Crippen LogP contribution in [0.3, 0.4) is 0 Å². The number of aromatic nitrogens is 3. The molecule has 8 heteroatoms. The van der Waals surface area contributed by atoms with Crippen molar-refractivity contribution in [2.45, 2.75) is 19.8 Å². The minimum absolute atomic E-state index is 0.146. The molecular formula is C17H21BrN6O.